The molecule has 4 N–H and O–H groups in total. The standard InChI is InChI=1S/C22H34N2O3/c1-19-7-5-15(25)13-14(19)3-4-17-16(19)6-8-20(2)21(17,26)9-10-22(20,27)18-23-11-12-24-18/h11-12,14-17,25-27H,3-10,13H2,1-2H3,(H,23,24)/t14?,15?,16-,17-,19+,20+,21-,22?/m1/s1. The number of hydrogen-bond donors (Lipinski definition) is 4. The Kier molecular flexibility index (Phi) is 3.75. The zero-order chi connectivity index (χ0) is 19.1. The monoisotopic (exact) mass is 374 g/mol. The fraction of sp³-hybridized carbons (Fsp3) is 0.864. The van der Waals surface area contributed by atoms with E-state index in [1.54, 1.807) is 12.4 Å². The van der Waals surface area contributed by atoms with E-state index in [-0.39, 0.29) is 17.4 Å². The minimum Gasteiger partial charge on any atom is -0.393 e. The molecule has 5 rings (SSSR count). The summed E-state index contributed by atoms with van der Waals surface area (Å²) in [6.45, 7) is 4.51. The number of nitrogens with one attached hydrogen (secondary N) is 1. The molecule has 3 unspecified atom stereocenters. The minimum atomic E-state index is -1.09. The number of aromatic amines is 1. The zero-order valence-corrected chi connectivity index (χ0v) is 16.6. The fourth-order valence-corrected chi connectivity index (χ4v) is 8.09. The predicted octanol–water partition coefficient (Wildman–Crippen LogP) is 3.12. The molecule has 27 heavy (non-hydrogen) atoms. The van der Waals surface area contributed by atoms with E-state index in [2.05, 4.69) is 23.8 Å². The fourth-order valence-electron chi connectivity index (χ4n) is 8.09. The first-order chi connectivity index (χ1) is 12.7. The number of aliphatic hydroxyl groups is 3. The van der Waals surface area contributed by atoms with Crippen LogP contribution in [0.4, 0.5) is 0 Å². The molecule has 4 saturated carbocycles. The van der Waals surface area contributed by atoms with Gasteiger partial charge in [0.25, 0.3) is 0 Å². The Morgan fingerprint density at radius 1 is 1.00 bits per heavy atom. The predicted molar refractivity (Wildman–Crippen MR) is 102 cm³/mol. The number of nitrogens with zero attached hydrogens (tertiary/aromatic N) is 1. The zero-order valence-electron chi connectivity index (χ0n) is 16.6. The SMILES string of the molecule is C[C@]12CCC(O)CC1CC[C@@H]1[C@H]2CC[C@]2(C)C(O)(c3ncc[nH]3)CC[C@@]12O. The molecular formula is C22H34N2O3. The van der Waals surface area contributed by atoms with E-state index in [0.29, 0.717) is 30.5 Å². The normalized spacial score (nSPS) is 54.9. The highest BCUT2D eigenvalue weighted by molar-refractivity contribution is 5.25. The summed E-state index contributed by atoms with van der Waals surface area (Å²) in [5, 5.41) is 34.0. The third kappa shape index (κ3) is 2.09. The summed E-state index contributed by atoms with van der Waals surface area (Å²) in [4.78, 5) is 7.51. The van der Waals surface area contributed by atoms with Crippen molar-refractivity contribution in [1.29, 1.82) is 0 Å². The van der Waals surface area contributed by atoms with Gasteiger partial charge in [-0.3, -0.25) is 0 Å². The summed E-state index contributed by atoms with van der Waals surface area (Å²) < 4.78 is 0. The van der Waals surface area contributed by atoms with Crippen molar-refractivity contribution in [2.24, 2.45) is 28.6 Å². The first-order valence-corrected chi connectivity index (χ1v) is 10.9. The second kappa shape index (κ2) is 5.58. The molecule has 0 aliphatic heterocycles. The lowest BCUT2D eigenvalue weighted by molar-refractivity contribution is -0.239. The van der Waals surface area contributed by atoms with Crippen LogP contribution in [0.2, 0.25) is 0 Å². The van der Waals surface area contributed by atoms with Gasteiger partial charge in [-0.1, -0.05) is 13.8 Å². The van der Waals surface area contributed by atoms with Crippen molar-refractivity contribution in [3.63, 3.8) is 0 Å². The van der Waals surface area contributed by atoms with E-state index < -0.39 is 16.6 Å². The second-order valence-corrected chi connectivity index (χ2v) is 10.5. The molecule has 150 valence electrons. The molecule has 8 atom stereocenters. The van der Waals surface area contributed by atoms with Gasteiger partial charge in [-0.05, 0) is 81.0 Å². The molecule has 5 heteroatoms. The van der Waals surface area contributed by atoms with Crippen LogP contribution in [0, 0.1) is 28.6 Å². The molecule has 4 aliphatic carbocycles. The Hall–Kier alpha value is -0.910. The maximum Gasteiger partial charge on any atom is 0.138 e. The van der Waals surface area contributed by atoms with Gasteiger partial charge >= 0.3 is 0 Å². The van der Waals surface area contributed by atoms with Gasteiger partial charge in [0.2, 0.25) is 0 Å². The van der Waals surface area contributed by atoms with Gasteiger partial charge in [-0.25, -0.2) is 4.98 Å². The molecular weight excluding hydrogens is 340 g/mol. The van der Waals surface area contributed by atoms with Crippen LogP contribution in [0.3, 0.4) is 0 Å². The first-order valence-electron chi connectivity index (χ1n) is 10.9. The van der Waals surface area contributed by atoms with E-state index in [0.717, 1.165) is 44.9 Å². The highest BCUT2D eigenvalue weighted by atomic mass is 16.3. The van der Waals surface area contributed by atoms with E-state index in [9.17, 15) is 15.3 Å². The van der Waals surface area contributed by atoms with Crippen LogP contribution in [0.25, 0.3) is 0 Å². The number of H-pyrrole nitrogens is 1. The Balaban J connectivity index is 1.52. The van der Waals surface area contributed by atoms with E-state index in [1.807, 2.05) is 0 Å². The van der Waals surface area contributed by atoms with Crippen molar-refractivity contribution in [2.75, 3.05) is 0 Å². The van der Waals surface area contributed by atoms with Gasteiger partial charge in [-0.2, -0.15) is 0 Å². The Morgan fingerprint density at radius 3 is 2.56 bits per heavy atom. The lowest BCUT2D eigenvalue weighted by atomic mass is 9.43. The average Bonchev–Trinajstić information content (AvgIpc) is 3.24. The Labute approximate surface area is 161 Å². The third-order valence-electron chi connectivity index (χ3n) is 9.86. The largest absolute Gasteiger partial charge is 0.393 e. The summed E-state index contributed by atoms with van der Waals surface area (Å²) in [6.07, 6.45) is 11.4. The van der Waals surface area contributed by atoms with Crippen LogP contribution < -0.4 is 0 Å². The van der Waals surface area contributed by atoms with Crippen molar-refractivity contribution in [3.05, 3.63) is 18.2 Å². The first kappa shape index (κ1) is 18.1. The van der Waals surface area contributed by atoms with Gasteiger partial charge in [0.05, 0.1) is 11.7 Å². The lowest BCUT2D eigenvalue weighted by Crippen LogP contribution is -2.64. The topological polar surface area (TPSA) is 89.4 Å². The van der Waals surface area contributed by atoms with Crippen molar-refractivity contribution in [1.82, 2.24) is 9.97 Å². The van der Waals surface area contributed by atoms with Crippen molar-refractivity contribution >= 4 is 0 Å². The molecule has 0 amide bonds. The van der Waals surface area contributed by atoms with Crippen LogP contribution in [0.1, 0.15) is 77.5 Å². The van der Waals surface area contributed by atoms with Gasteiger partial charge < -0.3 is 20.3 Å². The quantitative estimate of drug-likeness (QED) is 0.608. The van der Waals surface area contributed by atoms with Crippen molar-refractivity contribution in [2.45, 2.75) is 88.9 Å². The number of aliphatic hydroxyl groups excluding tert-OH is 1. The molecule has 1 aromatic heterocycles. The lowest BCUT2D eigenvalue weighted by Gasteiger charge is -2.64. The highest BCUT2D eigenvalue weighted by Crippen LogP contribution is 2.71. The summed E-state index contributed by atoms with van der Waals surface area (Å²) in [7, 11) is 0. The van der Waals surface area contributed by atoms with E-state index >= 15 is 0 Å². The van der Waals surface area contributed by atoms with Crippen molar-refractivity contribution < 1.29 is 15.3 Å². The number of imidazole rings is 1. The van der Waals surface area contributed by atoms with Crippen LogP contribution >= 0.6 is 0 Å². The summed E-state index contributed by atoms with van der Waals surface area (Å²) >= 11 is 0. The number of rotatable bonds is 1. The molecule has 0 radical (unpaired) electrons. The molecule has 0 spiro atoms. The maximum absolute atomic E-state index is 12.1. The maximum atomic E-state index is 12.1. The van der Waals surface area contributed by atoms with Crippen LogP contribution in [-0.2, 0) is 5.60 Å². The van der Waals surface area contributed by atoms with Crippen LogP contribution in [0.5, 0.6) is 0 Å². The Bertz CT molecular complexity index is 723. The number of aromatic nitrogens is 2. The molecule has 0 aromatic carbocycles. The third-order valence-corrected chi connectivity index (χ3v) is 9.86. The van der Waals surface area contributed by atoms with Gasteiger partial charge in [0.15, 0.2) is 0 Å². The molecule has 1 aromatic rings. The van der Waals surface area contributed by atoms with Crippen LogP contribution in [-0.4, -0.2) is 37.0 Å². The molecule has 0 saturated heterocycles. The second-order valence-electron chi connectivity index (χ2n) is 10.5. The molecule has 5 nitrogen and oxygen atoms in total. The molecule has 1 heterocycles. The van der Waals surface area contributed by atoms with E-state index in [4.69, 9.17) is 0 Å². The average molecular weight is 375 g/mol. The smallest absolute Gasteiger partial charge is 0.138 e. The summed E-state index contributed by atoms with van der Waals surface area (Å²) in [5.41, 5.74) is -2.29. The van der Waals surface area contributed by atoms with Crippen LogP contribution in [0.15, 0.2) is 12.4 Å². The molecule has 4 aliphatic rings. The summed E-state index contributed by atoms with van der Waals surface area (Å²) in [5.74, 6) is 1.90. The van der Waals surface area contributed by atoms with E-state index in [1.165, 1.54) is 0 Å². The van der Waals surface area contributed by atoms with Gasteiger partial charge in [0, 0.05) is 17.8 Å². The Morgan fingerprint density at radius 2 is 1.81 bits per heavy atom. The summed E-state index contributed by atoms with van der Waals surface area (Å²) in [6, 6.07) is 0. The number of hydrogen-bond acceptors (Lipinski definition) is 4. The molecule has 0 bridgehead atoms. The van der Waals surface area contributed by atoms with Gasteiger partial charge in [-0.15, -0.1) is 0 Å². The number of fused-ring (bicyclic) bond motifs is 5. The highest BCUT2D eigenvalue weighted by Gasteiger charge is 2.72. The van der Waals surface area contributed by atoms with Crippen molar-refractivity contribution in [3.8, 4) is 0 Å². The minimum absolute atomic E-state index is 0.146. The van der Waals surface area contributed by atoms with Gasteiger partial charge in [0.1, 0.15) is 11.4 Å². The molecule has 4 fully saturated rings.